The number of primary amides is 1. The molecule has 0 aliphatic carbocycles. The lowest BCUT2D eigenvalue weighted by Gasteiger charge is -2.37. The van der Waals surface area contributed by atoms with Gasteiger partial charge in [0.05, 0.1) is 5.69 Å². The van der Waals surface area contributed by atoms with Gasteiger partial charge in [0.15, 0.2) is 0 Å². The molecule has 1 saturated heterocycles. The van der Waals surface area contributed by atoms with E-state index in [-0.39, 0.29) is 17.6 Å². The molecule has 24 heavy (non-hydrogen) atoms. The lowest BCUT2D eigenvalue weighted by Crippen LogP contribution is -2.51. The number of piperazine rings is 1. The average Bonchev–Trinajstić information content (AvgIpc) is 3.02. The molecule has 2 amide bonds. The number of nitrogens with two attached hydrogens (primary N) is 1. The van der Waals surface area contributed by atoms with E-state index in [1.807, 2.05) is 35.2 Å². The van der Waals surface area contributed by atoms with Crippen molar-refractivity contribution in [3.63, 3.8) is 0 Å². The molecule has 1 atom stereocenters. The van der Waals surface area contributed by atoms with Gasteiger partial charge in [0, 0.05) is 32.2 Å². The Morgan fingerprint density at radius 2 is 1.83 bits per heavy atom. The SMILES string of the molecule is Cc1cc(C(=O)N2CCN([C@H](C(N)=O)c3ccccc3)CC2)on1. The van der Waals surface area contributed by atoms with Crippen LogP contribution in [0.4, 0.5) is 0 Å². The van der Waals surface area contributed by atoms with Crippen LogP contribution in [0.15, 0.2) is 40.9 Å². The average molecular weight is 328 g/mol. The molecule has 2 heterocycles. The van der Waals surface area contributed by atoms with Gasteiger partial charge in [-0.3, -0.25) is 14.5 Å². The summed E-state index contributed by atoms with van der Waals surface area (Å²) in [4.78, 5) is 28.0. The van der Waals surface area contributed by atoms with Gasteiger partial charge in [0.25, 0.3) is 5.91 Å². The molecule has 0 spiro atoms. The molecule has 1 aromatic carbocycles. The fourth-order valence-corrected chi connectivity index (χ4v) is 2.99. The summed E-state index contributed by atoms with van der Waals surface area (Å²) in [6.45, 7) is 3.93. The number of aryl methyl sites for hydroxylation is 1. The first-order chi connectivity index (χ1) is 11.6. The molecule has 0 unspecified atom stereocenters. The van der Waals surface area contributed by atoms with Crippen molar-refractivity contribution in [1.29, 1.82) is 0 Å². The van der Waals surface area contributed by atoms with E-state index in [9.17, 15) is 9.59 Å². The number of carbonyl (C=O) groups is 2. The van der Waals surface area contributed by atoms with Gasteiger partial charge in [-0.1, -0.05) is 35.5 Å². The largest absolute Gasteiger partial charge is 0.368 e. The van der Waals surface area contributed by atoms with Crippen LogP contribution in [0.2, 0.25) is 0 Å². The Bertz CT molecular complexity index is 720. The van der Waals surface area contributed by atoms with E-state index in [4.69, 9.17) is 10.3 Å². The first-order valence-electron chi connectivity index (χ1n) is 7.87. The van der Waals surface area contributed by atoms with Crippen LogP contribution in [0.1, 0.15) is 27.9 Å². The zero-order valence-electron chi connectivity index (χ0n) is 13.5. The highest BCUT2D eigenvalue weighted by Gasteiger charge is 2.31. The zero-order chi connectivity index (χ0) is 17.1. The maximum absolute atomic E-state index is 12.4. The van der Waals surface area contributed by atoms with Crippen LogP contribution in [-0.4, -0.2) is 52.9 Å². The standard InChI is InChI=1S/C17H20N4O3/c1-12-11-14(24-19-12)17(23)21-9-7-20(8-10-21)15(16(18)22)13-5-3-2-4-6-13/h2-6,11,15H,7-10H2,1H3,(H2,18,22)/t15-/m0/s1. The van der Waals surface area contributed by atoms with Crippen LogP contribution in [0, 0.1) is 6.92 Å². The Labute approximate surface area is 140 Å². The van der Waals surface area contributed by atoms with Gasteiger partial charge in [-0.05, 0) is 12.5 Å². The maximum atomic E-state index is 12.4. The van der Waals surface area contributed by atoms with E-state index in [0.717, 1.165) is 5.56 Å². The van der Waals surface area contributed by atoms with Crippen LogP contribution in [-0.2, 0) is 4.79 Å². The number of benzene rings is 1. The molecule has 1 aromatic heterocycles. The molecule has 0 radical (unpaired) electrons. The second kappa shape index (κ2) is 6.84. The monoisotopic (exact) mass is 328 g/mol. The van der Waals surface area contributed by atoms with Crippen LogP contribution >= 0.6 is 0 Å². The molecule has 1 aliphatic heterocycles. The van der Waals surface area contributed by atoms with Crippen molar-refractivity contribution in [2.45, 2.75) is 13.0 Å². The highest BCUT2D eigenvalue weighted by Crippen LogP contribution is 2.22. The molecule has 126 valence electrons. The van der Waals surface area contributed by atoms with Gasteiger partial charge in [-0.25, -0.2) is 0 Å². The summed E-state index contributed by atoms with van der Waals surface area (Å²) >= 11 is 0. The molecule has 2 aromatic rings. The first kappa shape index (κ1) is 16.2. The summed E-state index contributed by atoms with van der Waals surface area (Å²) in [5, 5.41) is 3.74. The van der Waals surface area contributed by atoms with Gasteiger partial charge in [-0.2, -0.15) is 0 Å². The minimum atomic E-state index is -0.476. The Kier molecular flexibility index (Phi) is 4.61. The van der Waals surface area contributed by atoms with E-state index in [2.05, 4.69) is 5.16 Å². The summed E-state index contributed by atoms with van der Waals surface area (Å²) < 4.78 is 5.03. The van der Waals surface area contributed by atoms with Crippen molar-refractivity contribution in [3.05, 3.63) is 53.4 Å². The lowest BCUT2D eigenvalue weighted by molar-refractivity contribution is -0.124. The van der Waals surface area contributed by atoms with Crippen LogP contribution in [0.25, 0.3) is 0 Å². The number of carbonyl (C=O) groups excluding carboxylic acids is 2. The third kappa shape index (κ3) is 3.30. The fourth-order valence-electron chi connectivity index (χ4n) is 2.99. The van der Waals surface area contributed by atoms with Gasteiger partial charge in [-0.15, -0.1) is 0 Å². The van der Waals surface area contributed by atoms with Gasteiger partial charge >= 0.3 is 0 Å². The normalized spacial score (nSPS) is 16.8. The second-order valence-electron chi connectivity index (χ2n) is 5.88. The van der Waals surface area contributed by atoms with Crippen LogP contribution in [0.5, 0.6) is 0 Å². The number of rotatable bonds is 4. The van der Waals surface area contributed by atoms with E-state index in [1.54, 1.807) is 17.9 Å². The van der Waals surface area contributed by atoms with E-state index in [1.165, 1.54) is 0 Å². The molecule has 0 saturated carbocycles. The van der Waals surface area contributed by atoms with Crippen molar-refractivity contribution in [2.24, 2.45) is 5.73 Å². The number of aromatic nitrogens is 1. The summed E-state index contributed by atoms with van der Waals surface area (Å²) in [6, 6.07) is 10.6. The molecule has 3 rings (SSSR count). The number of hydrogen-bond donors (Lipinski definition) is 1. The highest BCUT2D eigenvalue weighted by molar-refractivity contribution is 5.91. The van der Waals surface area contributed by atoms with Crippen molar-refractivity contribution in [1.82, 2.24) is 15.0 Å². The van der Waals surface area contributed by atoms with Crippen molar-refractivity contribution >= 4 is 11.8 Å². The Hall–Kier alpha value is -2.67. The Balaban J connectivity index is 1.67. The molecule has 1 aliphatic rings. The predicted octanol–water partition coefficient (Wildman–Crippen LogP) is 0.967. The molecule has 7 heteroatoms. The number of nitrogens with zero attached hydrogens (tertiary/aromatic N) is 3. The predicted molar refractivity (Wildman–Crippen MR) is 87.1 cm³/mol. The second-order valence-corrected chi connectivity index (χ2v) is 5.88. The molecular formula is C17H20N4O3. The van der Waals surface area contributed by atoms with Crippen molar-refractivity contribution in [2.75, 3.05) is 26.2 Å². The molecule has 2 N–H and O–H groups in total. The Morgan fingerprint density at radius 3 is 2.38 bits per heavy atom. The molecule has 1 fully saturated rings. The smallest absolute Gasteiger partial charge is 0.292 e. The minimum absolute atomic E-state index is 0.175. The summed E-state index contributed by atoms with van der Waals surface area (Å²) in [5.74, 6) is -0.312. The van der Waals surface area contributed by atoms with E-state index < -0.39 is 6.04 Å². The summed E-state index contributed by atoms with van der Waals surface area (Å²) in [7, 11) is 0. The van der Waals surface area contributed by atoms with Crippen molar-refractivity contribution in [3.8, 4) is 0 Å². The quantitative estimate of drug-likeness (QED) is 0.902. The zero-order valence-corrected chi connectivity index (χ0v) is 13.5. The minimum Gasteiger partial charge on any atom is -0.368 e. The van der Waals surface area contributed by atoms with E-state index >= 15 is 0 Å². The van der Waals surface area contributed by atoms with Crippen molar-refractivity contribution < 1.29 is 14.1 Å². The first-order valence-corrected chi connectivity index (χ1v) is 7.87. The summed E-state index contributed by atoms with van der Waals surface area (Å²) in [5.41, 5.74) is 7.15. The number of hydrogen-bond acceptors (Lipinski definition) is 5. The maximum Gasteiger partial charge on any atom is 0.292 e. The third-order valence-corrected chi connectivity index (χ3v) is 4.19. The van der Waals surface area contributed by atoms with E-state index in [0.29, 0.717) is 31.9 Å². The molecular weight excluding hydrogens is 308 g/mol. The summed E-state index contributed by atoms with van der Waals surface area (Å²) in [6.07, 6.45) is 0. The lowest BCUT2D eigenvalue weighted by atomic mass is 10.0. The van der Waals surface area contributed by atoms with Crippen LogP contribution in [0.3, 0.4) is 0 Å². The topological polar surface area (TPSA) is 92.7 Å². The van der Waals surface area contributed by atoms with Gasteiger partial charge < -0.3 is 15.2 Å². The Morgan fingerprint density at radius 1 is 1.17 bits per heavy atom. The third-order valence-electron chi connectivity index (χ3n) is 4.19. The fraction of sp³-hybridized carbons (Fsp3) is 0.353. The molecule has 0 bridgehead atoms. The molecule has 7 nitrogen and oxygen atoms in total. The highest BCUT2D eigenvalue weighted by atomic mass is 16.5. The van der Waals surface area contributed by atoms with Gasteiger partial charge in [0.2, 0.25) is 11.7 Å². The van der Waals surface area contributed by atoms with Crippen LogP contribution < -0.4 is 5.73 Å². The number of amides is 2. The van der Waals surface area contributed by atoms with Gasteiger partial charge in [0.1, 0.15) is 6.04 Å².